The van der Waals surface area contributed by atoms with Gasteiger partial charge in [-0.1, -0.05) is 0 Å². The van der Waals surface area contributed by atoms with Crippen molar-refractivity contribution in [2.45, 2.75) is 19.8 Å². The summed E-state index contributed by atoms with van der Waals surface area (Å²) in [6.07, 6.45) is 1.71. The minimum absolute atomic E-state index is 0.0233. The van der Waals surface area contributed by atoms with Gasteiger partial charge in [0, 0.05) is 18.7 Å². The van der Waals surface area contributed by atoms with Crippen LogP contribution in [0.2, 0.25) is 0 Å². The fourth-order valence-corrected chi connectivity index (χ4v) is 1.22. The number of aliphatic hydroxyl groups is 1. The first kappa shape index (κ1) is 10.1. The molecule has 0 spiro atoms. The summed E-state index contributed by atoms with van der Waals surface area (Å²) < 4.78 is 0. The third kappa shape index (κ3) is 2.23. The summed E-state index contributed by atoms with van der Waals surface area (Å²) in [4.78, 5) is 8.48. The third-order valence-corrected chi connectivity index (χ3v) is 2.00. The van der Waals surface area contributed by atoms with Crippen molar-refractivity contribution in [2.75, 3.05) is 13.2 Å². The molecule has 0 fully saturated rings. The maximum Gasteiger partial charge on any atom is 0.0685 e. The predicted molar refractivity (Wildman–Crippen MR) is 50.4 cm³/mol. The largest absolute Gasteiger partial charge is 0.396 e. The fourth-order valence-electron chi connectivity index (χ4n) is 1.22. The van der Waals surface area contributed by atoms with Gasteiger partial charge in [-0.15, -0.1) is 0 Å². The smallest absolute Gasteiger partial charge is 0.0685 e. The fraction of sp³-hybridized carbons (Fsp3) is 0.556. The van der Waals surface area contributed by atoms with Gasteiger partial charge in [0.2, 0.25) is 0 Å². The summed E-state index contributed by atoms with van der Waals surface area (Å²) in [5.74, 6) is -0.0904. The molecule has 1 atom stereocenters. The van der Waals surface area contributed by atoms with Crippen LogP contribution in [0.5, 0.6) is 0 Å². The van der Waals surface area contributed by atoms with Crippen LogP contribution in [0.4, 0.5) is 0 Å². The number of rotatable bonds is 3. The minimum atomic E-state index is -0.0904. The Morgan fingerprint density at radius 3 is 2.77 bits per heavy atom. The summed E-state index contributed by atoms with van der Waals surface area (Å²) in [6, 6.07) is 0. The van der Waals surface area contributed by atoms with E-state index < -0.39 is 0 Å². The van der Waals surface area contributed by atoms with E-state index in [4.69, 9.17) is 10.8 Å². The highest BCUT2D eigenvalue weighted by molar-refractivity contribution is 5.17. The van der Waals surface area contributed by atoms with Gasteiger partial charge in [-0.05, 0) is 13.8 Å². The predicted octanol–water partition coefficient (Wildman–Crippen LogP) is 0.128. The molecular weight excluding hydrogens is 166 g/mol. The van der Waals surface area contributed by atoms with E-state index in [1.165, 1.54) is 0 Å². The summed E-state index contributed by atoms with van der Waals surface area (Å²) in [5.41, 5.74) is 8.01. The molecule has 0 bridgehead atoms. The SMILES string of the molecule is Cc1cnc(C)c(C(CN)CO)n1. The van der Waals surface area contributed by atoms with Gasteiger partial charge in [-0.2, -0.15) is 0 Å². The highest BCUT2D eigenvalue weighted by atomic mass is 16.3. The summed E-state index contributed by atoms with van der Waals surface area (Å²) in [7, 11) is 0. The van der Waals surface area contributed by atoms with E-state index in [1.54, 1.807) is 6.20 Å². The molecule has 0 amide bonds. The normalized spacial score (nSPS) is 12.9. The molecule has 0 saturated carbocycles. The van der Waals surface area contributed by atoms with Gasteiger partial charge >= 0.3 is 0 Å². The first-order valence-corrected chi connectivity index (χ1v) is 4.30. The Kier molecular flexibility index (Phi) is 3.33. The van der Waals surface area contributed by atoms with Gasteiger partial charge in [0.25, 0.3) is 0 Å². The number of aromatic nitrogens is 2. The molecule has 4 nitrogen and oxygen atoms in total. The van der Waals surface area contributed by atoms with E-state index in [0.717, 1.165) is 17.1 Å². The number of aryl methyl sites for hydroxylation is 2. The maximum atomic E-state index is 9.05. The Hall–Kier alpha value is -1.00. The van der Waals surface area contributed by atoms with Crippen LogP contribution in [-0.4, -0.2) is 28.2 Å². The van der Waals surface area contributed by atoms with Gasteiger partial charge in [-0.3, -0.25) is 9.97 Å². The van der Waals surface area contributed by atoms with Crippen LogP contribution < -0.4 is 5.73 Å². The zero-order valence-corrected chi connectivity index (χ0v) is 7.99. The molecular formula is C9H15N3O. The molecule has 0 aliphatic carbocycles. The summed E-state index contributed by atoms with van der Waals surface area (Å²) in [5, 5.41) is 9.05. The van der Waals surface area contributed by atoms with Crippen LogP contribution in [0.1, 0.15) is 23.0 Å². The highest BCUT2D eigenvalue weighted by Crippen LogP contribution is 2.14. The lowest BCUT2D eigenvalue weighted by Gasteiger charge is -2.13. The van der Waals surface area contributed by atoms with E-state index in [1.807, 2.05) is 13.8 Å². The monoisotopic (exact) mass is 181 g/mol. The van der Waals surface area contributed by atoms with Crippen LogP contribution in [0.3, 0.4) is 0 Å². The topological polar surface area (TPSA) is 72.0 Å². The molecule has 1 aromatic rings. The lowest BCUT2D eigenvalue weighted by Crippen LogP contribution is -2.19. The lowest BCUT2D eigenvalue weighted by molar-refractivity contribution is 0.265. The van der Waals surface area contributed by atoms with E-state index in [-0.39, 0.29) is 12.5 Å². The maximum absolute atomic E-state index is 9.05. The molecule has 0 aliphatic heterocycles. The Bertz CT molecular complexity index is 284. The molecule has 1 rings (SSSR count). The van der Waals surface area contributed by atoms with Gasteiger partial charge in [0.15, 0.2) is 0 Å². The third-order valence-electron chi connectivity index (χ3n) is 2.00. The second kappa shape index (κ2) is 4.30. The molecule has 0 aromatic carbocycles. The molecule has 4 heteroatoms. The summed E-state index contributed by atoms with van der Waals surface area (Å²) in [6.45, 7) is 4.17. The number of hydrogen-bond acceptors (Lipinski definition) is 4. The van der Waals surface area contributed by atoms with Crippen LogP contribution in [0.15, 0.2) is 6.20 Å². The Balaban J connectivity index is 3.03. The van der Waals surface area contributed by atoms with E-state index in [9.17, 15) is 0 Å². The van der Waals surface area contributed by atoms with E-state index >= 15 is 0 Å². The van der Waals surface area contributed by atoms with Crippen molar-refractivity contribution >= 4 is 0 Å². The Labute approximate surface area is 77.8 Å². The van der Waals surface area contributed by atoms with Crippen molar-refractivity contribution in [3.05, 3.63) is 23.3 Å². The molecule has 1 heterocycles. The molecule has 0 saturated heterocycles. The second-order valence-electron chi connectivity index (χ2n) is 3.10. The van der Waals surface area contributed by atoms with Gasteiger partial charge in [-0.25, -0.2) is 0 Å². The van der Waals surface area contributed by atoms with Gasteiger partial charge < -0.3 is 10.8 Å². The summed E-state index contributed by atoms with van der Waals surface area (Å²) >= 11 is 0. The highest BCUT2D eigenvalue weighted by Gasteiger charge is 2.13. The van der Waals surface area contributed by atoms with Crippen molar-refractivity contribution in [1.82, 2.24) is 9.97 Å². The molecule has 13 heavy (non-hydrogen) atoms. The molecule has 1 unspecified atom stereocenters. The van der Waals surface area contributed by atoms with E-state index in [2.05, 4.69) is 9.97 Å². The van der Waals surface area contributed by atoms with Crippen LogP contribution in [-0.2, 0) is 0 Å². The van der Waals surface area contributed by atoms with Crippen molar-refractivity contribution in [2.24, 2.45) is 5.73 Å². The number of nitrogens with two attached hydrogens (primary N) is 1. The minimum Gasteiger partial charge on any atom is -0.396 e. The zero-order valence-electron chi connectivity index (χ0n) is 7.99. The first-order valence-electron chi connectivity index (χ1n) is 4.30. The van der Waals surface area contributed by atoms with Gasteiger partial charge in [0.05, 0.1) is 23.7 Å². The molecule has 1 aromatic heterocycles. The molecule has 0 radical (unpaired) electrons. The quantitative estimate of drug-likeness (QED) is 0.695. The first-order chi connectivity index (χ1) is 6.19. The van der Waals surface area contributed by atoms with E-state index in [0.29, 0.717) is 6.54 Å². The van der Waals surface area contributed by atoms with Crippen molar-refractivity contribution in [3.63, 3.8) is 0 Å². The number of aliphatic hydroxyl groups excluding tert-OH is 1. The van der Waals surface area contributed by atoms with Crippen molar-refractivity contribution < 1.29 is 5.11 Å². The standard InChI is InChI=1S/C9H15N3O/c1-6-4-11-7(2)9(12-6)8(3-10)5-13/h4,8,13H,3,5,10H2,1-2H3. The van der Waals surface area contributed by atoms with Crippen molar-refractivity contribution in [1.29, 1.82) is 0 Å². The Morgan fingerprint density at radius 2 is 2.23 bits per heavy atom. The van der Waals surface area contributed by atoms with Crippen LogP contribution >= 0.6 is 0 Å². The van der Waals surface area contributed by atoms with Crippen LogP contribution in [0.25, 0.3) is 0 Å². The average Bonchev–Trinajstić information content (AvgIpc) is 2.13. The van der Waals surface area contributed by atoms with Gasteiger partial charge in [0.1, 0.15) is 0 Å². The van der Waals surface area contributed by atoms with Crippen LogP contribution in [0, 0.1) is 13.8 Å². The molecule has 0 aliphatic rings. The second-order valence-corrected chi connectivity index (χ2v) is 3.10. The Morgan fingerprint density at radius 1 is 1.54 bits per heavy atom. The lowest BCUT2D eigenvalue weighted by atomic mass is 10.0. The van der Waals surface area contributed by atoms with Crippen molar-refractivity contribution in [3.8, 4) is 0 Å². The zero-order chi connectivity index (χ0) is 9.84. The molecule has 3 N–H and O–H groups in total. The number of nitrogens with zero attached hydrogens (tertiary/aromatic N) is 2. The molecule has 72 valence electrons. The average molecular weight is 181 g/mol. The number of hydrogen-bond donors (Lipinski definition) is 2.